The number of carbonyl (C=O) groups is 2. The number of benzene rings is 2. The molecule has 3 aromatic rings. The number of aromatic nitrogens is 2. The lowest BCUT2D eigenvalue weighted by Crippen LogP contribution is -2.39. The van der Waals surface area contributed by atoms with Gasteiger partial charge in [0, 0.05) is 12.2 Å². The van der Waals surface area contributed by atoms with Crippen LogP contribution in [0.5, 0.6) is 5.75 Å². The molecule has 1 N–H and O–H groups in total. The van der Waals surface area contributed by atoms with Gasteiger partial charge < -0.3 is 15.0 Å². The number of anilines is 1. The second-order valence-corrected chi connectivity index (χ2v) is 7.69. The second kappa shape index (κ2) is 10.8. The summed E-state index contributed by atoms with van der Waals surface area (Å²) in [6, 6.07) is 12.9. The third-order valence-corrected chi connectivity index (χ3v) is 5.37. The predicted molar refractivity (Wildman–Crippen MR) is 123 cm³/mol. The Morgan fingerprint density at radius 1 is 1.19 bits per heavy atom. The molecule has 0 saturated heterocycles. The zero-order chi connectivity index (χ0) is 23.1. The highest BCUT2D eigenvalue weighted by molar-refractivity contribution is 7.98. The van der Waals surface area contributed by atoms with Crippen LogP contribution in [-0.2, 0) is 4.79 Å². The van der Waals surface area contributed by atoms with Gasteiger partial charge in [0.25, 0.3) is 5.91 Å². The minimum absolute atomic E-state index is 0.131. The summed E-state index contributed by atoms with van der Waals surface area (Å²) in [4.78, 5) is 32.0. The Balaban J connectivity index is 1.86. The summed E-state index contributed by atoms with van der Waals surface area (Å²) in [6.45, 7) is 2.19. The maximum Gasteiger partial charge on any atom is 0.272 e. The van der Waals surface area contributed by atoms with E-state index in [4.69, 9.17) is 4.74 Å². The number of methoxy groups -OCH3 is 1. The van der Waals surface area contributed by atoms with Crippen molar-refractivity contribution in [3.8, 4) is 11.4 Å². The lowest BCUT2D eigenvalue weighted by Gasteiger charge is -2.22. The number of hydrogen-bond donors (Lipinski definition) is 1. The van der Waals surface area contributed by atoms with Crippen LogP contribution in [-0.4, -0.2) is 52.7 Å². The first-order valence-corrected chi connectivity index (χ1v) is 11.3. The van der Waals surface area contributed by atoms with E-state index >= 15 is 0 Å². The average molecular weight is 457 g/mol. The van der Waals surface area contributed by atoms with Gasteiger partial charge in [-0.1, -0.05) is 30.8 Å². The molecule has 0 atom stereocenters. The zero-order valence-electron chi connectivity index (χ0n) is 18.2. The van der Waals surface area contributed by atoms with Gasteiger partial charge in [0.1, 0.15) is 23.8 Å². The smallest absolute Gasteiger partial charge is 0.272 e. The minimum Gasteiger partial charge on any atom is -0.495 e. The highest BCUT2D eigenvalue weighted by Gasteiger charge is 2.24. The molecule has 0 bridgehead atoms. The molecule has 2 aromatic carbocycles. The molecule has 2 amide bonds. The summed E-state index contributed by atoms with van der Waals surface area (Å²) in [6.07, 6.45) is 4.01. The fraction of sp³-hybridized carbons (Fsp3) is 0.261. The third kappa shape index (κ3) is 5.28. The van der Waals surface area contributed by atoms with Gasteiger partial charge in [0.15, 0.2) is 5.16 Å². The normalized spacial score (nSPS) is 10.6. The lowest BCUT2D eigenvalue weighted by atomic mass is 10.2. The van der Waals surface area contributed by atoms with Crippen molar-refractivity contribution in [2.24, 2.45) is 0 Å². The first-order chi connectivity index (χ1) is 15.5. The molecular weight excluding hydrogens is 431 g/mol. The van der Waals surface area contributed by atoms with E-state index in [1.165, 1.54) is 42.1 Å². The Kier molecular flexibility index (Phi) is 7.88. The van der Waals surface area contributed by atoms with Crippen molar-refractivity contribution in [1.82, 2.24) is 14.5 Å². The molecule has 9 heteroatoms. The number of para-hydroxylation sites is 2. The highest BCUT2D eigenvalue weighted by Crippen LogP contribution is 2.24. The van der Waals surface area contributed by atoms with Crippen LogP contribution in [0.25, 0.3) is 5.69 Å². The van der Waals surface area contributed by atoms with Crippen molar-refractivity contribution < 1.29 is 18.7 Å². The molecule has 0 spiro atoms. The van der Waals surface area contributed by atoms with Crippen LogP contribution >= 0.6 is 11.8 Å². The monoisotopic (exact) mass is 456 g/mol. The van der Waals surface area contributed by atoms with E-state index in [9.17, 15) is 14.0 Å². The molecule has 3 rings (SSSR count). The summed E-state index contributed by atoms with van der Waals surface area (Å²) in [5.74, 6) is -0.505. The van der Waals surface area contributed by atoms with Gasteiger partial charge in [0.05, 0.1) is 19.0 Å². The van der Waals surface area contributed by atoms with Crippen LogP contribution in [0, 0.1) is 5.82 Å². The van der Waals surface area contributed by atoms with E-state index in [0.29, 0.717) is 40.9 Å². The maximum atomic E-state index is 13.4. The number of nitrogens with one attached hydrogen (secondary N) is 1. The molecule has 7 nitrogen and oxygen atoms in total. The van der Waals surface area contributed by atoms with Crippen molar-refractivity contribution in [3.63, 3.8) is 0 Å². The summed E-state index contributed by atoms with van der Waals surface area (Å²) in [7, 11) is 1.53. The Bertz CT molecular complexity index is 1090. The molecule has 0 fully saturated rings. The highest BCUT2D eigenvalue weighted by atomic mass is 32.2. The number of rotatable bonds is 9. The minimum atomic E-state index is -0.368. The third-order valence-electron chi connectivity index (χ3n) is 4.71. The Labute approximate surface area is 190 Å². The topological polar surface area (TPSA) is 76.5 Å². The van der Waals surface area contributed by atoms with E-state index in [1.54, 1.807) is 41.0 Å². The molecule has 0 saturated carbocycles. The van der Waals surface area contributed by atoms with Crippen molar-refractivity contribution in [2.45, 2.75) is 18.5 Å². The largest absolute Gasteiger partial charge is 0.495 e. The van der Waals surface area contributed by atoms with Crippen LogP contribution in [0.3, 0.4) is 0 Å². The fourth-order valence-electron chi connectivity index (χ4n) is 3.26. The molecule has 0 aliphatic carbocycles. The van der Waals surface area contributed by atoms with Crippen molar-refractivity contribution in [1.29, 1.82) is 0 Å². The molecule has 1 heterocycles. The van der Waals surface area contributed by atoms with Crippen LogP contribution in [0.2, 0.25) is 0 Å². The molecule has 0 aliphatic heterocycles. The summed E-state index contributed by atoms with van der Waals surface area (Å²) >= 11 is 1.37. The number of carbonyl (C=O) groups excluding carboxylic acids is 2. The van der Waals surface area contributed by atoms with Gasteiger partial charge in [0.2, 0.25) is 5.91 Å². The van der Waals surface area contributed by atoms with E-state index in [0.717, 1.165) is 0 Å². The Morgan fingerprint density at radius 2 is 1.91 bits per heavy atom. The van der Waals surface area contributed by atoms with Gasteiger partial charge in [-0.15, -0.1) is 0 Å². The first kappa shape index (κ1) is 23.3. The van der Waals surface area contributed by atoms with E-state index in [2.05, 4.69) is 10.3 Å². The summed E-state index contributed by atoms with van der Waals surface area (Å²) < 4.78 is 20.4. The van der Waals surface area contributed by atoms with E-state index < -0.39 is 0 Å². The molecule has 32 heavy (non-hydrogen) atoms. The van der Waals surface area contributed by atoms with E-state index in [1.807, 2.05) is 13.2 Å². The van der Waals surface area contributed by atoms with Gasteiger partial charge in [-0.2, -0.15) is 0 Å². The first-order valence-electron chi connectivity index (χ1n) is 10.1. The van der Waals surface area contributed by atoms with Crippen molar-refractivity contribution in [3.05, 3.63) is 66.2 Å². The number of halogens is 1. The van der Waals surface area contributed by atoms with E-state index in [-0.39, 0.29) is 24.2 Å². The summed E-state index contributed by atoms with van der Waals surface area (Å²) in [5.41, 5.74) is 1.45. The molecular formula is C23H25FN4O3S. The Morgan fingerprint density at radius 3 is 2.56 bits per heavy atom. The number of amides is 2. The van der Waals surface area contributed by atoms with Crippen LogP contribution in [0.15, 0.2) is 59.9 Å². The van der Waals surface area contributed by atoms with Crippen LogP contribution in [0.4, 0.5) is 10.1 Å². The number of ether oxygens (including phenoxy) is 1. The van der Waals surface area contributed by atoms with Crippen LogP contribution < -0.4 is 10.1 Å². The molecule has 0 radical (unpaired) electrons. The second-order valence-electron chi connectivity index (χ2n) is 6.92. The fourth-order valence-corrected chi connectivity index (χ4v) is 3.81. The molecule has 1 aromatic heterocycles. The van der Waals surface area contributed by atoms with Crippen molar-refractivity contribution in [2.75, 3.05) is 31.8 Å². The molecule has 168 valence electrons. The number of imidazole rings is 1. The number of nitrogens with zero attached hydrogens (tertiary/aromatic N) is 3. The average Bonchev–Trinajstić information content (AvgIpc) is 3.23. The van der Waals surface area contributed by atoms with Crippen LogP contribution in [0.1, 0.15) is 23.8 Å². The molecule has 0 unspecified atom stereocenters. The molecule has 0 aliphatic rings. The Hall–Kier alpha value is -3.33. The zero-order valence-corrected chi connectivity index (χ0v) is 19.0. The van der Waals surface area contributed by atoms with Gasteiger partial charge in [-0.05, 0) is 49.1 Å². The van der Waals surface area contributed by atoms with Gasteiger partial charge in [-0.25, -0.2) is 9.37 Å². The lowest BCUT2D eigenvalue weighted by molar-refractivity contribution is -0.116. The maximum absolute atomic E-state index is 13.4. The van der Waals surface area contributed by atoms with Gasteiger partial charge in [-0.3, -0.25) is 14.2 Å². The quantitative estimate of drug-likeness (QED) is 0.488. The van der Waals surface area contributed by atoms with Crippen molar-refractivity contribution >= 4 is 29.3 Å². The van der Waals surface area contributed by atoms with Gasteiger partial charge >= 0.3 is 0 Å². The SMILES string of the molecule is CCCN(CC(=O)Nc1ccccc1OC)C(=O)c1cnc(SC)n1-c1ccc(F)cc1. The number of hydrogen-bond acceptors (Lipinski definition) is 5. The predicted octanol–water partition coefficient (Wildman–Crippen LogP) is 4.23. The number of thioether (sulfide) groups is 1. The summed E-state index contributed by atoms with van der Waals surface area (Å²) in [5, 5.41) is 3.39. The standard InChI is InChI=1S/C23H25FN4O3S/c1-4-13-27(15-21(29)26-18-7-5-6-8-20(18)31-2)22(30)19-14-25-23(32-3)28(19)17-11-9-16(24)10-12-17/h5-12,14H,4,13,15H2,1-3H3,(H,26,29).